The van der Waals surface area contributed by atoms with Gasteiger partial charge in [0.1, 0.15) is 0 Å². The van der Waals surface area contributed by atoms with Gasteiger partial charge in [-0.05, 0) is 37.0 Å². The van der Waals surface area contributed by atoms with Gasteiger partial charge in [-0.1, -0.05) is 60.0 Å². The molecule has 0 heterocycles. The van der Waals surface area contributed by atoms with Crippen LogP contribution < -0.4 is 0 Å². The molecule has 0 aliphatic rings. The van der Waals surface area contributed by atoms with Crippen LogP contribution in [0.25, 0.3) is 0 Å². The maximum absolute atomic E-state index is 3.44. The molecule has 1 heteroatoms. The zero-order valence-electron chi connectivity index (χ0n) is 9.38. The first-order valence-electron chi connectivity index (χ1n) is 5.72. The van der Waals surface area contributed by atoms with E-state index < -0.39 is 0 Å². The van der Waals surface area contributed by atoms with Crippen molar-refractivity contribution < 1.29 is 0 Å². The van der Waals surface area contributed by atoms with E-state index in [-0.39, 0.29) is 0 Å². The molecule has 1 rings (SSSR count). The van der Waals surface area contributed by atoms with Gasteiger partial charge in [-0.2, -0.15) is 0 Å². The Morgan fingerprint density at radius 2 is 1.80 bits per heavy atom. The van der Waals surface area contributed by atoms with Crippen LogP contribution >= 0.6 is 15.9 Å². The van der Waals surface area contributed by atoms with Crippen molar-refractivity contribution in [2.45, 2.75) is 39.0 Å². The van der Waals surface area contributed by atoms with Gasteiger partial charge in [0, 0.05) is 4.47 Å². The molecule has 0 aromatic heterocycles. The topological polar surface area (TPSA) is 0 Å². The van der Waals surface area contributed by atoms with Crippen LogP contribution in [0.4, 0.5) is 0 Å². The first kappa shape index (κ1) is 12.5. The van der Waals surface area contributed by atoms with Gasteiger partial charge >= 0.3 is 0 Å². The fourth-order valence-electron chi connectivity index (χ4n) is 1.47. The van der Waals surface area contributed by atoms with Gasteiger partial charge in [-0.15, -0.1) is 0 Å². The average Bonchev–Trinajstić information content (AvgIpc) is 2.26. The zero-order valence-corrected chi connectivity index (χ0v) is 11.0. The van der Waals surface area contributed by atoms with Crippen LogP contribution in [0.2, 0.25) is 0 Å². The largest absolute Gasteiger partial charge is 0.0882 e. The smallest absolute Gasteiger partial charge is 0.0175 e. The standard InChI is InChI=1S/C14H19Br/c1-2-3-4-5-6-7-8-13-9-11-14(15)12-10-13/h6-7,9-12H,2-5,8H2,1H3/b7-6-. The first-order chi connectivity index (χ1) is 7.33. The predicted molar refractivity (Wildman–Crippen MR) is 71.1 cm³/mol. The summed E-state index contributed by atoms with van der Waals surface area (Å²) in [5.74, 6) is 0. The molecule has 0 nitrogen and oxygen atoms in total. The summed E-state index contributed by atoms with van der Waals surface area (Å²) in [5, 5.41) is 0. The normalized spacial score (nSPS) is 11.1. The molecule has 0 aliphatic heterocycles. The van der Waals surface area contributed by atoms with Crippen LogP contribution in [-0.2, 0) is 6.42 Å². The van der Waals surface area contributed by atoms with E-state index in [0.29, 0.717) is 0 Å². The number of hydrogen-bond donors (Lipinski definition) is 0. The van der Waals surface area contributed by atoms with E-state index >= 15 is 0 Å². The summed E-state index contributed by atoms with van der Waals surface area (Å²) in [6.45, 7) is 2.24. The quantitative estimate of drug-likeness (QED) is 0.495. The number of allylic oxidation sites excluding steroid dienone is 2. The molecule has 0 radical (unpaired) electrons. The summed E-state index contributed by atoms with van der Waals surface area (Å²) in [4.78, 5) is 0. The van der Waals surface area contributed by atoms with E-state index in [1.807, 2.05) is 0 Å². The van der Waals surface area contributed by atoms with Crippen molar-refractivity contribution in [2.24, 2.45) is 0 Å². The summed E-state index contributed by atoms with van der Waals surface area (Å²) in [6.07, 6.45) is 10.8. The van der Waals surface area contributed by atoms with Crippen LogP contribution in [0.15, 0.2) is 40.9 Å². The third kappa shape index (κ3) is 5.78. The summed E-state index contributed by atoms with van der Waals surface area (Å²) in [5.41, 5.74) is 1.38. The van der Waals surface area contributed by atoms with Crippen molar-refractivity contribution in [3.63, 3.8) is 0 Å². The zero-order chi connectivity index (χ0) is 10.9. The lowest BCUT2D eigenvalue weighted by molar-refractivity contribution is 0.728. The van der Waals surface area contributed by atoms with Gasteiger partial charge in [0.05, 0.1) is 0 Å². The fourth-order valence-corrected chi connectivity index (χ4v) is 1.73. The number of hydrogen-bond acceptors (Lipinski definition) is 0. The number of rotatable bonds is 6. The van der Waals surface area contributed by atoms with Gasteiger partial charge in [-0.25, -0.2) is 0 Å². The second-order valence-corrected chi connectivity index (χ2v) is 4.71. The molecule has 0 fully saturated rings. The van der Waals surface area contributed by atoms with Crippen molar-refractivity contribution in [3.05, 3.63) is 46.5 Å². The highest BCUT2D eigenvalue weighted by atomic mass is 79.9. The Hall–Kier alpha value is -0.560. The molecule has 0 saturated carbocycles. The number of unbranched alkanes of at least 4 members (excludes halogenated alkanes) is 3. The third-order valence-corrected chi connectivity index (χ3v) is 2.94. The average molecular weight is 267 g/mol. The van der Waals surface area contributed by atoms with E-state index in [1.54, 1.807) is 0 Å². The molecule has 1 aromatic rings. The van der Waals surface area contributed by atoms with E-state index in [9.17, 15) is 0 Å². The van der Waals surface area contributed by atoms with Crippen LogP contribution in [-0.4, -0.2) is 0 Å². The molecule has 0 atom stereocenters. The van der Waals surface area contributed by atoms with Gasteiger partial charge in [0.25, 0.3) is 0 Å². The molecule has 0 saturated heterocycles. The van der Waals surface area contributed by atoms with E-state index in [1.165, 1.54) is 31.2 Å². The minimum atomic E-state index is 1.05. The van der Waals surface area contributed by atoms with Gasteiger partial charge in [-0.3, -0.25) is 0 Å². The van der Waals surface area contributed by atoms with Crippen molar-refractivity contribution in [3.8, 4) is 0 Å². The molecular formula is C14H19Br. The molecular weight excluding hydrogens is 248 g/mol. The highest BCUT2D eigenvalue weighted by Gasteiger charge is 1.89. The Kier molecular flexibility index (Phi) is 6.42. The maximum Gasteiger partial charge on any atom is 0.0175 e. The molecule has 0 N–H and O–H groups in total. The van der Waals surface area contributed by atoms with E-state index in [0.717, 1.165) is 10.9 Å². The summed E-state index contributed by atoms with van der Waals surface area (Å²) in [6, 6.07) is 8.53. The summed E-state index contributed by atoms with van der Waals surface area (Å²) in [7, 11) is 0. The molecule has 15 heavy (non-hydrogen) atoms. The number of benzene rings is 1. The molecule has 0 spiro atoms. The second kappa shape index (κ2) is 7.70. The lowest BCUT2D eigenvalue weighted by atomic mass is 10.1. The van der Waals surface area contributed by atoms with Gasteiger partial charge in [0.15, 0.2) is 0 Å². The Morgan fingerprint density at radius 1 is 1.07 bits per heavy atom. The summed E-state index contributed by atoms with van der Waals surface area (Å²) < 4.78 is 1.15. The number of halogens is 1. The van der Waals surface area contributed by atoms with Crippen LogP contribution in [0.1, 0.15) is 38.2 Å². The first-order valence-corrected chi connectivity index (χ1v) is 6.51. The molecule has 0 unspecified atom stereocenters. The Balaban J connectivity index is 2.22. The van der Waals surface area contributed by atoms with Crippen molar-refractivity contribution in [2.75, 3.05) is 0 Å². The Labute approximate surface area is 102 Å². The lowest BCUT2D eigenvalue weighted by Gasteiger charge is -1.96. The SMILES string of the molecule is CCCCC/C=C\Cc1ccc(Br)cc1. The molecule has 1 aromatic carbocycles. The molecule has 0 aliphatic carbocycles. The van der Waals surface area contributed by atoms with Crippen molar-refractivity contribution in [1.82, 2.24) is 0 Å². The van der Waals surface area contributed by atoms with Gasteiger partial charge in [0.2, 0.25) is 0 Å². The Morgan fingerprint density at radius 3 is 2.47 bits per heavy atom. The maximum atomic E-state index is 3.44. The minimum absolute atomic E-state index is 1.05. The van der Waals surface area contributed by atoms with Crippen LogP contribution in [0, 0.1) is 0 Å². The van der Waals surface area contributed by atoms with E-state index in [4.69, 9.17) is 0 Å². The van der Waals surface area contributed by atoms with Crippen LogP contribution in [0.5, 0.6) is 0 Å². The highest BCUT2D eigenvalue weighted by Crippen LogP contribution is 2.11. The molecule has 0 bridgehead atoms. The fraction of sp³-hybridized carbons (Fsp3) is 0.429. The third-order valence-electron chi connectivity index (χ3n) is 2.41. The lowest BCUT2D eigenvalue weighted by Crippen LogP contribution is -1.79. The minimum Gasteiger partial charge on any atom is -0.0882 e. The second-order valence-electron chi connectivity index (χ2n) is 3.80. The van der Waals surface area contributed by atoms with Crippen LogP contribution in [0.3, 0.4) is 0 Å². The molecule has 82 valence electrons. The van der Waals surface area contributed by atoms with Crippen molar-refractivity contribution >= 4 is 15.9 Å². The highest BCUT2D eigenvalue weighted by molar-refractivity contribution is 9.10. The van der Waals surface area contributed by atoms with Gasteiger partial charge < -0.3 is 0 Å². The van der Waals surface area contributed by atoms with E-state index in [2.05, 4.69) is 59.3 Å². The van der Waals surface area contributed by atoms with Crippen molar-refractivity contribution in [1.29, 1.82) is 0 Å². The summed E-state index contributed by atoms with van der Waals surface area (Å²) >= 11 is 3.44. The molecule has 0 amide bonds. The monoisotopic (exact) mass is 266 g/mol. The predicted octanol–water partition coefficient (Wildman–Crippen LogP) is 5.13. The Bertz CT molecular complexity index is 285.